The van der Waals surface area contributed by atoms with Crippen molar-refractivity contribution in [2.75, 3.05) is 6.61 Å². The molecule has 0 radical (unpaired) electrons. The van der Waals surface area contributed by atoms with Gasteiger partial charge in [-0.05, 0) is 13.3 Å². The molecule has 0 saturated carbocycles. The summed E-state index contributed by atoms with van der Waals surface area (Å²) >= 11 is 0. The quantitative estimate of drug-likeness (QED) is 0.744. The third-order valence-corrected chi connectivity index (χ3v) is 2.27. The van der Waals surface area contributed by atoms with Gasteiger partial charge in [-0.1, -0.05) is 6.92 Å². The molecule has 0 fully saturated rings. The molecule has 0 aromatic carbocycles. The summed E-state index contributed by atoms with van der Waals surface area (Å²) in [7, 11) is 0. The zero-order valence-electron chi connectivity index (χ0n) is 9.46. The van der Waals surface area contributed by atoms with Crippen LogP contribution in [0.3, 0.4) is 0 Å². The van der Waals surface area contributed by atoms with Crippen LogP contribution in [0.25, 0.3) is 0 Å². The van der Waals surface area contributed by atoms with E-state index in [-0.39, 0.29) is 0 Å². The molecular formula is C10H17N3O3. The highest BCUT2D eigenvalue weighted by atomic mass is 16.5. The molecule has 0 bridgehead atoms. The minimum Gasteiger partial charge on any atom is -0.490 e. The summed E-state index contributed by atoms with van der Waals surface area (Å²) in [6.45, 7) is 4.33. The van der Waals surface area contributed by atoms with Crippen molar-refractivity contribution in [2.45, 2.75) is 32.4 Å². The third kappa shape index (κ3) is 2.96. The second-order valence-corrected chi connectivity index (χ2v) is 3.61. The summed E-state index contributed by atoms with van der Waals surface area (Å²) in [6, 6.07) is -1.38. The molecule has 3 N–H and O–H groups in total. The van der Waals surface area contributed by atoms with Crippen LogP contribution in [-0.2, 0) is 4.79 Å². The smallest absolute Gasteiger partial charge is 0.322 e. The van der Waals surface area contributed by atoms with E-state index in [1.54, 1.807) is 19.3 Å². The predicted octanol–water partition coefficient (Wildman–Crippen LogP) is 0.645. The van der Waals surface area contributed by atoms with Crippen molar-refractivity contribution in [2.24, 2.45) is 5.73 Å². The number of hydrogen-bond acceptors (Lipinski definition) is 4. The van der Waals surface area contributed by atoms with Crippen LogP contribution in [0.4, 0.5) is 0 Å². The van der Waals surface area contributed by atoms with Gasteiger partial charge in [-0.25, -0.2) is 0 Å². The van der Waals surface area contributed by atoms with Crippen LogP contribution in [0.2, 0.25) is 0 Å². The van der Waals surface area contributed by atoms with E-state index in [1.807, 2.05) is 6.92 Å². The molecule has 0 aliphatic rings. The Hall–Kier alpha value is -1.56. The summed E-state index contributed by atoms with van der Waals surface area (Å²) in [5, 5.41) is 12.8. The number of carboxylic acid groups (broad SMARTS) is 1. The Balaban J connectivity index is 2.66. The monoisotopic (exact) mass is 227 g/mol. The number of nitrogens with zero attached hydrogens (tertiary/aromatic N) is 2. The highest BCUT2D eigenvalue weighted by Gasteiger charge is 2.22. The maximum Gasteiger partial charge on any atom is 0.322 e. The molecule has 2 unspecified atom stereocenters. The van der Waals surface area contributed by atoms with E-state index in [2.05, 4.69) is 5.10 Å². The number of carbonyl (C=O) groups is 1. The normalized spacial score (nSPS) is 14.4. The van der Waals surface area contributed by atoms with Crippen LogP contribution in [0.5, 0.6) is 5.75 Å². The van der Waals surface area contributed by atoms with Crippen molar-refractivity contribution >= 4 is 5.97 Å². The molecule has 1 aromatic rings. The summed E-state index contributed by atoms with van der Waals surface area (Å²) < 4.78 is 6.86. The Labute approximate surface area is 94.0 Å². The first-order valence-electron chi connectivity index (χ1n) is 5.21. The molecule has 0 amide bonds. The highest BCUT2D eigenvalue weighted by molar-refractivity contribution is 5.73. The lowest BCUT2D eigenvalue weighted by molar-refractivity contribution is -0.139. The van der Waals surface area contributed by atoms with Crippen LogP contribution in [0.15, 0.2) is 12.4 Å². The van der Waals surface area contributed by atoms with Crippen LogP contribution in [0, 0.1) is 0 Å². The molecule has 16 heavy (non-hydrogen) atoms. The Morgan fingerprint density at radius 1 is 1.75 bits per heavy atom. The van der Waals surface area contributed by atoms with Crippen molar-refractivity contribution < 1.29 is 14.6 Å². The number of nitrogens with two attached hydrogens (primary N) is 1. The van der Waals surface area contributed by atoms with E-state index >= 15 is 0 Å². The average Bonchev–Trinajstić information content (AvgIpc) is 2.72. The topological polar surface area (TPSA) is 90.4 Å². The van der Waals surface area contributed by atoms with E-state index in [4.69, 9.17) is 15.6 Å². The average molecular weight is 227 g/mol. The molecule has 90 valence electrons. The minimum atomic E-state index is -1.04. The SMILES string of the molecule is CCCOc1cnn(C(C)C(N)C(=O)O)c1. The highest BCUT2D eigenvalue weighted by Crippen LogP contribution is 2.15. The van der Waals surface area contributed by atoms with Crippen LogP contribution in [-0.4, -0.2) is 33.5 Å². The van der Waals surface area contributed by atoms with Gasteiger partial charge in [0.15, 0.2) is 5.75 Å². The molecule has 0 spiro atoms. The Kier molecular flexibility index (Phi) is 4.30. The zero-order chi connectivity index (χ0) is 12.1. The molecule has 0 aliphatic heterocycles. The molecule has 1 rings (SSSR count). The van der Waals surface area contributed by atoms with Crippen LogP contribution >= 0.6 is 0 Å². The molecule has 6 nitrogen and oxygen atoms in total. The van der Waals surface area contributed by atoms with Crippen molar-refractivity contribution in [3.8, 4) is 5.75 Å². The molecule has 1 heterocycles. The van der Waals surface area contributed by atoms with Crippen molar-refractivity contribution in [1.29, 1.82) is 0 Å². The third-order valence-electron chi connectivity index (χ3n) is 2.27. The second kappa shape index (κ2) is 5.50. The Bertz CT molecular complexity index is 351. The molecular weight excluding hydrogens is 210 g/mol. The van der Waals surface area contributed by atoms with Gasteiger partial charge in [0.25, 0.3) is 0 Å². The lowest BCUT2D eigenvalue weighted by atomic mass is 10.1. The molecule has 6 heteroatoms. The van der Waals surface area contributed by atoms with Crippen LogP contribution in [0.1, 0.15) is 26.3 Å². The first-order valence-corrected chi connectivity index (χ1v) is 5.21. The fraction of sp³-hybridized carbons (Fsp3) is 0.600. The predicted molar refractivity (Wildman–Crippen MR) is 58.3 cm³/mol. The van der Waals surface area contributed by atoms with E-state index < -0.39 is 18.1 Å². The van der Waals surface area contributed by atoms with Crippen molar-refractivity contribution in [3.63, 3.8) is 0 Å². The van der Waals surface area contributed by atoms with Gasteiger partial charge < -0.3 is 15.6 Å². The summed E-state index contributed by atoms with van der Waals surface area (Å²) in [5.41, 5.74) is 5.50. The fourth-order valence-electron chi connectivity index (χ4n) is 1.21. The van der Waals surface area contributed by atoms with Crippen LogP contribution < -0.4 is 10.5 Å². The van der Waals surface area contributed by atoms with E-state index in [0.29, 0.717) is 12.4 Å². The van der Waals surface area contributed by atoms with Gasteiger partial charge >= 0.3 is 5.97 Å². The van der Waals surface area contributed by atoms with Crippen molar-refractivity contribution in [1.82, 2.24) is 9.78 Å². The zero-order valence-corrected chi connectivity index (χ0v) is 9.46. The number of aliphatic carboxylic acids is 1. The van der Waals surface area contributed by atoms with E-state index in [1.165, 1.54) is 4.68 Å². The first kappa shape index (κ1) is 12.5. The van der Waals surface area contributed by atoms with Crippen molar-refractivity contribution in [3.05, 3.63) is 12.4 Å². The number of hydrogen-bond donors (Lipinski definition) is 2. The van der Waals surface area contributed by atoms with E-state index in [0.717, 1.165) is 6.42 Å². The van der Waals surface area contributed by atoms with Gasteiger partial charge in [-0.2, -0.15) is 5.10 Å². The summed E-state index contributed by atoms with van der Waals surface area (Å²) in [5.74, 6) is -0.412. The van der Waals surface area contributed by atoms with Gasteiger partial charge in [0.2, 0.25) is 0 Å². The van der Waals surface area contributed by atoms with E-state index in [9.17, 15) is 4.79 Å². The van der Waals surface area contributed by atoms with Gasteiger partial charge in [0.1, 0.15) is 6.04 Å². The first-order chi connectivity index (χ1) is 7.56. The Morgan fingerprint density at radius 2 is 2.44 bits per heavy atom. The molecule has 0 aliphatic carbocycles. The number of ether oxygens (including phenoxy) is 1. The Morgan fingerprint density at radius 3 is 3.00 bits per heavy atom. The standard InChI is InChI=1S/C10H17N3O3/c1-3-4-16-8-5-12-13(6-8)7(2)9(11)10(14)15/h5-7,9H,3-4,11H2,1-2H3,(H,14,15). The minimum absolute atomic E-state index is 0.406. The fourth-order valence-corrected chi connectivity index (χ4v) is 1.21. The maximum atomic E-state index is 10.7. The molecule has 2 atom stereocenters. The van der Waals surface area contributed by atoms with Gasteiger partial charge in [-0.3, -0.25) is 9.48 Å². The number of carboxylic acids is 1. The van der Waals surface area contributed by atoms with Gasteiger partial charge in [0, 0.05) is 0 Å². The summed E-state index contributed by atoms with van der Waals surface area (Å²) in [4.78, 5) is 10.7. The molecule has 0 saturated heterocycles. The number of rotatable bonds is 6. The lowest BCUT2D eigenvalue weighted by Crippen LogP contribution is -2.38. The number of aromatic nitrogens is 2. The largest absolute Gasteiger partial charge is 0.490 e. The second-order valence-electron chi connectivity index (χ2n) is 3.61. The maximum absolute atomic E-state index is 10.7. The van der Waals surface area contributed by atoms with Gasteiger partial charge in [0.05, 0.1) is 25.0 Å². The molecule has 1 aromatic heterocycles. The lowest BCUT2D eigenvalue weighted by Gasteiger charge is -2.15. The van der Waals surface area contributed by atoms with Gasteiger partial charge in [-0.15, -0.1) is 0 Å². The summed E-state index contributed by atoms with van der Waals surface area (Å²) in [6.07, 6.45) is 4.12.